The maximum absolute atomic E-state index is 13.1. The van der Waals surface area contributed by atoms with E-state index in [1.54, 1.807) is 29.4 Å². The van der Waals surface area contributed by atoms with Crippen LogP contribution in [0.15, 0.2) is 76.2 Å². The highest BCUT2D eigenvalue weighted by molar-refractivity contribution is 7.87. The van der Waals surface area contributed by atoms with E-state index in [0.717, 1.165) is 55.5 Å². The maximum Gasteiger partial charge on any atom is 0.339 e. The summed E-state index contributed by atoms with van der Waals surface area (Å²) in [5, 5.41) is 0. The molecule has 3 aromatic rings. The Kier molecular flexibility index (Phi) is 9.27. The van der Waals surface area contributed by atoms with Crippen molar-refractivity contribution in [3.63, 3.8) is 0 Å². The van der Waals surface area contributed by atoms with E-state index >= 15 is 0 Å². The van der Waals surface area contributed by atoms with Crippen LogP contribution in [0.5, 0.6) is 5.75 Å². The number of hydrogen-bond donors (Lipinski definition) is 0. The molecule has 0 saturated heterocycles. The molecule has 0 aliphatic carbocycles. The van der Waals surface area contributed by atoms with Gasteiger partial charge in [-0.2, -0.15) is 8.42 Å². The van der Waals surface area contributed by atoms with Crippen LogP contribution in [0.4, 0.5) is 4.39 Å². The van der Waals surface area contributed by atoms with E-state index in [0.29, 0.717) is 25.3 Å². The van der Waals surface area contributed by atoms with Gasteiger partial charge in [-0.15, -0.1) is 0 Å². The van der Waals surface area contributed by atoms with Crippen LogP contribution in [0.25, 0.3) is 0 Å². The van der Waals surface area contributed by atoms with Crippen LogP contribution >= 0.6 is 0 Å². The average molecular weight is 488 g/mol. The molecule has 182 valence electrons. The lowest BCUT2D eigenvalue weighted by Gasteiger charge is -2.22. The van der Waals surface area contributed by atoms with Gasteiger partial charge in [0.1, 0.15) is 22.2 Å². The van der Waals surface area contributed by atoms with E-state index in [9.17, 15) is 17.6 Å². The molecule has 0 bridgehead atoms. The highest BCUT2D eigenvalue weighted by Gasteiger charge is 2.18. The van der Waals surface area contributed by atoms with Crippen LogP contribution in [-0.4, -0.2) is 19.2 Å². The maximum atomic E-state index is 13.1. The molecule has 0 unspecified atom stereocenters. The average Bonchev–Trinajstić information content (AvgIpc) is 3.33. The van der Waals surface area contributed by atoms with E-state index < -0.39 is 15.9 Å². The molecule has 1 heterocycles. The fraction of sp³-hybridized carbons (Fsp3) is 0.346. The summed E-state index contributed by atoms with van der Waals surface area (Å²) in [4.78, 5) is 14.5. The first kappa shape index (κ1) is 25.5. The molecule has 0 spiro atoms. The Morgan fingerprint density at radius 3 is 2.29 bits per heavy atom. The zero-order valence-corrected chi connectivity index (χ0v) is 20.1. The molecule has 8 heteroatoms. The summed E-state index contributed by atoms with van der Waals surface area (Å²) in [7, 11) is -4.07. The van der Waals surface area contributed by atoms with Gasteiger partial charge >= 0.3 is 10.1 Å². The molecule has 0 aliphatic heterocycles. The molecule has 1 aromatic heterocycles. The first-order chi connectivity index (χ1) is 16.4. The second-order valence-electron chi connectivity index (χ2n) is 8.13. The molecule has 0 N–H and O–H groups in total. The van der Waals surface area contributed by atoms with Crippen LogP contribution in [0.3, 0.4) is 0 Å². The first-order valence-electron chi connectivity index (χ1n) is 11.5. The number of unbranched alkanes of at least 4 members (excludes halogenated alkanes) is 4. The Bertz CT molecular complexity index is 1130. The van der Waals surface area contributed by atoms with Crippen molar-refractivity contribution in [2.75, 3.05) is 0 Å². The predicted molar refractivity (Wildman–Crippen MR) is 127 cm³/mol. The Hall–Kier alpha value is -3.13. The van der Waals surface area contributed by atoms with Gasteiger partial charge in [0.05, 0.1) is 12.8 Å². The molecule has 0 atom stereocenters. The van der Waals surface area contributed by atoms with Crippen molar-refractivity contribution in [3.8, 4) is 5.75 Å². The Balaban J connectivity index is 1.64. The lowest BCUT2D eigenvalue weighted by Crippen LogP contribution is -2.29. The van der Waals surface area contributed by atoms with Gasteiger partial charge in [-0.05, 0) is 60.5 Å². The van der Waals surface area contributed by atoms with Crippen molar-refractivity contribution < 1.29 is 26.2 Å². The molecule has 2 aromatic carbocycles. The first-order valence-corrected chi connectivity index (χ1v) is 12.9. The third-order valence-corrected chi connectivity index (χ3v) is 6.64. The third kappa shape index (κ3) is 7.73. The lowest BCUT2D eigenvalue weighted by molar-refractivity contribution is -0.132. The molecule has 0 saturated carbocycles. The van der Waals surface area contributed by atoms with Gasteiger partial charge in [-0.3, -0.25) is 4.79 Å². The normalized spacial score (nSPS) is 11.4. The largest absolute Gasteiger partial charge is 0.467 e. The van der Waals surface area contributed by atoms with Crippen LogP contribution in [0.1, 0.15) is 56.8 Å². The Labute approximate surface area is 200 Å². The van der Waals surface area contributed by atoms with Crippen LogP contribution in [-0.2, 0) is 28.0 Å². The number of amides is 1. The topological polar surface area (TPSA) is 76.8 Å². The van der Waals surface area contributed by atoms with Gasteiger partial charge in [0.25, 0.3) is 0 Å². The Morgan fingerprint density at radius 2 is 1.65 bits per heavy atom. The van der Waals surface area contributed by atoms with Gasteiger partial charge in [0.2, 0.25) is 5.91 Å². The molecule has 1 amide bonds. The molecular formula is C26H30FNO5S. The van der Waals surface area contributed by atoms with E-state index in [-0.39, 0.29) is 16.6 Å². The number of furan rings is 1. The quantitative estimate of drug-likeness (QED) is 0.216. The van der Waals surface area contributed by atoms with Gasteiger partial charge in [-0.1, -0.05) is 44.7 Å². The highest BCUT2D eigenvalue weighted by atomic mass is 32.2. The molecule has 0 fully saturated rings. The van der Waals surface area contributed by atoms with Crippen molar-refractivity contribution in [3.05, 3.63) is 84.1 Å². The summed E-state index contributed by atoms with van der Waals surface area (Å²) in [5.74, 6) is 0.350. The van der Waals surface area contributed by atoms with Crippen LogP contribution in [0.2, 0.25) is 0 Å². The molecule has 6 nitrogen and oxygen atoms in total. The smallest absolute Gasteiger partial charge is 0.339 e. The highest BCUT2D eigenvalue weighted by Crippen LogP contribution is 2.21. The summed E-state index contributed by atoms with van der Waals surface area (Å²) in [5.41, 5.74) is 0.831. The minimum absolute atomic E-state index is 0.0483. The van der Waals surface area contributed by atoms with Crippen molar-refractivity contribution in [2.45, 2.75) is 63.4 Å². The lowest BCUT2D eigenvalue weighted by atomic mass is 10.1. The third-order valence-electron chi connectivity index (χ3n) is 5.38. The fourth-order valence-corrected chi connectivity index (χ4v) is 4.44. The second kappa shape index (κ2) is 12.4. The van der Waals surface area contributed by atoms with Crippen LogP contribution in [0, 0.1) is 5.82 Å². The molecule has 0 radical (unpaired) electrons. The standard InChI is InChI=1S/C26H30FNO5S/c1-2-3-4-5-6-9-26(29)28(20-24-8-7-18-32-24)19-21-10-14-23(15-11-21)33-34(30,31)25-16-12-22(27)13-17-25/h7-8,10-18H,2-6,9,19-20H2,1H3. The van der Waals surface area contributed by atoms with Crippen molar-refractivity contribution >= 4 is 16.0 Å². The SMILES string of the molecule is CCCCCCCC(=O)N(Cc1ccc(OS(=O)(=O)c2ccc(F)cc2)cc1)Cc1ccco1. The van der Waals surface area contributed by atoms with E-state index in [2.05, 4.69) is 6.92 Å². The number of nitrogens with zero attached hydrogens (tertiary/aromatic N) is 1. The van der Waals surface area contributed by atoms with Crippen molar-refractivity contribution in [1.82, 2.24) is 4.90 Å². The number of carbonyl (C=O) groups excluding carboxylic acids is 1. The second-order valence-corrected chi connectivity index (χ2v) is 9.68. The van der Waals surface area contributed by atoms with Crippen molar-refractivity contribution in [1.29, 1.82) is 0 Å². The summed E-state index contributed by atoms with van der Waals surface area (Å²) >= 11 is 0. The van der Waals surface area contributed by atoms with E-state index in [1.807, 2.05) is 6.07 Å². The monoisotopic (exact) mass is 487 g/mol. The number of halogens is 1. The van der Waals surface area contributed by atoms with E-state index in [4.69, 9.17) is 8.60 Å². The summed E-state index contributed by atoms with van der Waals surface area (Å²) in [6.07, 6.45) is 7.39. The van der Waals surface area contributed by atoms with Gasteiger partial charge < -0.3 is 13.5 Å². The minimum atomic E-state index is -4.07. The molecule has 0 aliphatic rings. The number of rotatable bonds is 13. The van der Waals surface area contributed by atoms with Gasteiger partial charge in [-0.25, -0.2) is 4.39 Å². The summed E-state index contributed by atoms with van der Waals surface area (Å²) in [6, 6.07) is 14.6. The van der Waals surface area contributed by atoms with Gasteiger partial charge in [0, 0.05) is 13.0 Å². The molecular weight excluding hydrogens is 457 g/mol. The van der Waals surface area contributed by atoms with Gasteiger partial charge in [0.15, 0.2) is 0 Å². The zero-order valence-electron chi connectivity index (χ0n) is 19.3. The van der Waals surface area contributed by atoms with Crippen molar-refractivity contribution in [2.24, 2.45) is 0 Å². The zero-order chi connectivity index (χ0) is 24.4. The number of benzene rings is 2. The fourth-order valence-electron chi connectivity index (χ4n) is 3.51. The molecule has 34 heavy (non-hydrogen) atoms. The summed E-state index contributed by atoms with van der Waals surface area (Å²) in [6.45, 7) is 2.88. The number of hydrogen-bond acceptors (Lipinski definition) is 5. The number of carbonyl (C=O) groups is 1. The predicted octanol–water partition coefficient (Wildman–Crippen LogP) is 6.08. The van der Waals surface area contributed by atoms with Crippen LogP contribution < -0.4 is 4.18 Å². The summed E-state index contributed by atoms with van der Waals surface area (Å²) < 4.78 is 48.5. The minimum Gasteiger partial charge on any atom is -0.467 e. The van der Waals surface area contributed by atoms with E-state index in [1.165, 1.54) is 18.6 Å². The Morgan fingerprint density at radius 1 is 0.941 bits per heavy atom. The molecule has 3 rings (SSSR count).